The Hall–Kier alpha value is -2.04. The summed E-state index contributed by atoms with van der Waals surface area (Å²) in [6.07, 6.45) is 3.49. The molecule has 0 radical (unpaired) electrons. The van der Waals surface area contributed by atoms with Crippen LogP contribution in [0.25, 0.3) is 0 Å². The summed E-state index contributed by atoms with van der Waals surface area (Å²) in [7, 11) is 1.65. The first-order valence-electron chi connectivity index (χ1n) is 5.77. The van der Waals surface area contributed by atoms with Gasteiger partial charge >= 0.3 is 0 Å². The molecule has 0 bridgehead atoms. The molecule has 2 rings (SSSR count). The number of ether oxygens (including phenoxy) is 1. The molecule has 2 aromatic rings. The molecule has 0 amide bonds. The van der Waals surface area contributed by atoms with E-state index in [1.54, 1.807) is 24.2 Å². The van der Waals surface area contributed by atoms with Crippen LogP contribution in [0.5, 0.6) is 5.75 Å². The number of hydrogen-bond donors (Lipinski definition) is 1. The molecule has 0 saturated carbocycles. The van der Waals surface area contributed by atoms with Crippen LogP contribution in [0.2, 0.25) is 0 Å². The maximum absolute atomic E-state index is 12.1. The first-order chi connectivity index (χ1) is 8.81. The van der Waals surface area contributed by atoms with Crippen molar-refractivity contribution in [3.8, 4) is 5.75 Å². The summed E-state index contributed by atoms with van der Waals surface area (Å²) in [6.45, 7) is 0.592. The fourth-order valence-corrected chi connectivity index (χ4v) is 1.61. The van der Waals surface area contributed by atoms with Crippen LogP contribution in [0.1, 0.15) is 5.56 Å². The number of alkyl halides is 1. The third-order valence-electron chi connectivity index (χ3n) is 2.60. The highest BCUT2D eigenvalue weighted by Crippen LogP contribution is 2.13. The lowest BCUT2D eigenvalue weighted by atomic mass is 10.2. The fraction of sp³-hybridized carbons (Fsp3) is 0.308. The quantitative estimate of drug-likeness (QED) is 0.854. The van der Waals surface area contributed by atoms with E-state index in [4.69, 9.17) is 4.74 Å². The summed E-state index contributed by atoms with van der Waals surface area (Å²) >= 11 is 0. The van der Waals surface area contributed by atoms with Crippen molar-refractivity contribution in [1.29, 1.82) is 0 Å². The van der Waals surface area contributed by atoms with Crippen LogP contribution in [0.3, 0.4) is 0 Å². The Morgan fingerprint density at radius 2 is 2.11 bits per heavy atom. The number of methoxy groups -OCH3 is 1. The van der Waals surface area contributed by atoms with Crippen molar-refractivity contribution in [2.45, 2.75) is 13.1 Å². The van der Waals surface area contributed by atoms with E-state index in [0.717, 1.165) is 17.0 Å². The van der Waals surface area contributed by atoms with Gasteiger partial charge in [-0.05, 0) is 17.7 Å². The van der Waals surface area contributed by atoms with Crippen molar-refractivity contribution in [3.63, 3.8) is 0 Å². The number of aryl methyl sites for hydroxylation is 1. The Balaban J connectivity index is 1.89. The number of nitrogens with zero attached hydrogens (tertiary/aromatic N) is 2. The van der Waals surface area contributed by atoms with Gasteiger partial charge in [0.2, 0.25) is 0 Å². The van der Waals surface area contributed by atoms with Gasteiger partial charge < -0.3 is 10.1 Å². The molecule has 96 valence electrons. The lowest BCUT2D eigenvalue weighted by Crippen LogP contribution is -2.00. The fourth-order valence-electron chi connectivity index (χ4n) is 1.61. The zero-order valence-electron chi connectivity index (χ0n) is 10.3. The molecule has 1 aromatic carbocycles. The van der Waals surface area contributed by atoms with Crippen LogP contribution in [-0.2, 0) is 13.1 Å². The summed E-state index contributed by atoms with van der Waals surface area (Å²) < 4.78 is 18.8. The molecule has 0 spiro atoms. The molecular formula is C13H16FN3O. The van der Waals surface area contributed by atoms with Gasteiger partial charge in [-0.1, -0.05) is 12.1 Å². The van der Waals surface area contributed by atoms with Crippen molar-refractivity contribution >= 4 is 5.69 Å². The van der Waals surface area contributed by atoms with Gasteiger partial charge in [-0.2, -0.15) is 5.10 Å². The third-order valence-corrected chi connectivity index (χ3v) is 2.60. The van der Waals surface area contributed by atoms with Gasteiger partial charge in [-0.3, -0.25) is 4.68 Å². The average molecular weight is 249 g/mol. The maximum atomic E-state index is 12.1. The van der Waals surface area contributed by atoms with Crippen molar-refractivity contribution in [2.24, 2.45) is 0 Å². The van der Waals surface area contributed by atoms with E-state index in [9.17, 15) is 4.39 Å². The molecule has 0 atom stereocenters. The highest BCUT2D eigenvalue weighted by Gasteiger charge is 1.99. The summed E-state index contributed by atoms with van der Waals surface area (Å²) in [6, 6.07) is 7.84. The lowest BCUT2D eigenvalue weighted by molar-refractivity contribution is 0.414. The molecule has 1 aromatic heterocycles. The van der Waals surface area contributed by atoms with Crippen molar-refractivity contribution in [3.05, 3.63) is 42.2 Å². The molecule has 0 fully saturated rings. The van der Waals surface area contributed by atoms with E-state index < -0.39 is 6.67 Å². The number of aromatic nitrogens is 2. The Morgan fingerprint density at radius 3 is 2.78 bits per heavy atom. The second-order valence-corrected chi connectivity index (χ2v) is 3.88. The molecule has 0 aliphatic rings. The Morgan fingerprint density at radius 1 is 1.33 bits per heavy atom. The summed E-state index contributed by atoms with van der Waals surface area (Å²) in [5, 5.41) is 7.27. The summed E-state index contributed by atoms with van der Waals surface area (Å²) in [5.41, 5.74) is 2.04. The molecule has 0 unspecified atom stereocenters. The smallest absolute Gasteiger partial charge is 0.118 e. The molecule has 0 saturated heterocycles. The van der Waals surface area contributed by atoms with E-state index in [2.05, 4.69) is 10.4 Å². The normalized spacial score (nSPS) is 10.3. The minimum absolute atomic E-state index is 0.296. The van der Waals surface area contributed by atoms with Gasteiger partial charge in [-0.25, -0.2) is 4.39 Å². The second-order valence-electron chi connectivity index (χ2n) is 3.88. The molecule has 5 heteroatoms. The molecule has 0 aliphatic heterocycles. The highest BCUT2D eigenvalue weighted by atomic mass is 19.1. The van der Waals surface area contributed by atoms with Crippen molar-refractivity contribution in [2.75, 3.05) is 19.1 Å². The Bertz CT molecular complexity index is 481. The van der Waals surface area contributed by atoms with Crippen molar-refractivity contribution < 1.29 is 9.13 Å². The number of halogens is 1. The monoisotopic (exact) mass is 249 g/mol. The van der Waals surface area contributed by atoms with Crippen LogP contribution in [-0.4, -0.2) is 23.6 Å². The number of anilines is 1. The highest BCUT2D eigenvalue weighted by molar-refractivity contribution is 5.39. The van der Waals surface area contributed by atoms with Gasteiger partial charge in [0.25, 0.3) is 0 Å². The molecule has 1 heterocycles. The number of hydrogen-bond acceptors (Lipinski definition) is 3. The number of rotatable bonds is 6. The third kappa shape index (κ3) is 3.23. The zero-order valence-corrected chi connectivity index (χ0v) is 10.3. The van der Waals surface area contributed by atoms with E-state index >= 15 is 0 Å². The first-order valence-corrected chi connectivity index (χ1v) is 5.77. The number of nitrogens with one attached hydrogen (secondary N) is 1. The molecule has 0 aliphatic carbocycles. The predicted molar refractivity (Wildman–Crippen MR) is 68.5 cm³/mol. The molecular weight excluding hydrogens is 233 g/mol. The molecule has 4 nitrogen and oxygen atoms in total. The van der Waals surface area contributed by atoms with Crippen LogP contribution in [0.4, 0.5) is 10.1 Å². The molecule has 1 N–H and O–H groups in total. The summed E-state index contributed by atoms with van der Waals surface area (Å²) in [4.78, 5) is 0. The van der Waals surface area contributed by atoms with Crippen LogP contribution >= 0.6 is 0 Å². The minimum atomic E-state index is -0.403. The van der Waals surface area contributed by atoms with Gasteiger partial charge in [0, 0.05) is 12.7 Å². The van der Waals surface area contributed by atoms with Gasteiger partial charge in [0.05, 0.1) is 25.5 Å². The van der Waals surface area contributed by atoms with E-state index in [1.807, 2.05) is 24.3 Å². The van der Waals surface area contributed by atoms with Crippen LogP contribution in [0, 0.1) is 0 Å². The van der Waals surface area contributed by atoms with Crippen LogP contribution < -0.4 is 10.1 Å². The summed E-state index contributed by atoms with van der Waals surface area (Å²) in [5.74, 6) is 0.842. The molecule has 18 heavy (non-hydrogen) atoms. The average Bonchev–Trinajstić information content (AvgIpc) is 2.85. The first kappa shape index (κ1) is 12.4. The standard InChI is InChI=1S/C13H16FN3O/c1-18-13-4-2-11(3-5-13)8-15-12-9-16-17(10-12)7-6-14/h2-5,9-10,15H,6-8H2,1H3. The topological polar surface area (TPSA) is 39.1 Å². The minimum Gasteiger partial charge on any atom is -0.497 e. The van der Waals surface area contributed by atoms with Crippen molar-refractivity contribution in [1.82, 2.24) is 9.78 Å². The lowest BCUT2D eigenvalue weighted by Gasteiger charge is -2.05. The second kappa shape index (κ2) is 6.05. The Labute approximate surface area is 105 Å². The van der Waals surface area contributed by atoms with Gasteiger partial charge in [-0.15, -0.1) is 0 Å². The van der Waals surface area contributed by atoms with Gasteiger partial charge in [0.15, 0.2) is 0 Å². The largest absolute Gasteiger partial charge is 0.497 e. The SMILES string of the molecule is COc1ccc(CNc2cnn(CCF)c2)cc1. The zero-order chi connectivity index (χ0) is 12.8. The number of benzene rings is 1. The predicted octanol–water partition coefficient (Wildman–Crippen LogP) is 2.47. The van der Waals surface area contributed by atoms with E-state index in [-0.39, 0.29) is 0 Å². The van der Waals surface area contributed by atoms with Crippen LogP contribution in [0.15, 0.2) is 36.7 Å². The van der Waals surface area contributed by atoms with E-state index in [0.29, 0.717) is 13.1 Å². The van der Waals surface area contributed by atoms with E-state index in [1.165, 1.54) is 0 Å². The van der Waals surface area contributed by atoms with Gasteiger partial charge in [0.1, 0.15) is 12.4 Å². The Kier molecular flexibility index (Phi) is 4.17. The maximum Gasteiger partial charge on any atom is 0.118 e.